The summed E-state index contributed by atoms with van der Waals surface area (Å²) >= 11 is 1.56. The summed E-state index contributed by atoms with van der Waals surface area (Å²) in [5, 5.41) is 12.8. The summed E-state index contributed by atoms with van der Waals surface area (Å²) in [7, 11) is 0. The Balaban J connectivity index is 2.21. The average molecular weight is 181 g/mol. The number of nitrogens with one attached hydrogen (secondary N) is 1. The van der Waals surface area contributed by atoms with Crippen LogP contribution < -0.4 is 5.32 Å². The van der Waals surface area contributed by atoms with E-state index in [1.54, 1.807) is 11.3 Å². The monoisotopic (exact) mass is 181 g/mol. The van der Waals surface area contributed by atoms with Gasteiger partial charge in [0, 0.05) is 13.0 Å². The van der Waals surface area contributed by atoms with Crippen LogP contribution in [-0.4, -0.2) is 16.7 Å². The van der Waals surface area contributed by atoms with E-state index in [9.17, 15) is 0 Å². The van der Waals surface area contributed by atoms with E-state index in [1.807, 2.05) is 6.92 Å². The second-order valence-electron chi connectivity index (χ2n) is 2.36. The van der Waals surface area contributed by atoms with Crippen molar-refractivity contribution in [1.29, 1.82) is 0 Å². The summed E-state index contributed by atoms with van der Waals surface area (Å²) in [6.45, 7) is 2.81. The normalized spacial score (nSPS) is 9.33. The van der Waals surface area contributed by atoms with E-state index in [0.29, 0.717) is 0 Å². The van der Waals surface area contributed by atoms with Gasteiger partial charge in [0.15, 0.2) is 0 Å². The van der Waals surface area contributed by atoms with E-state index in [2.05, 4.69) is 21.4 Å². The number of anilines is 1. The Morgan fingerprint density at radius 1 is 1.58 bits per heavy atom. The highest BCUT2D eigenvalue weighted by Gasteiger charge is 1.96. The van der Waals surface area contributed by atoms with Gasteiger partial charge in [-0.2, -0.15) is 0 Å². The van der Waals surface area contributed by atoms with Gasteiger partial charge in [0.1, 0.15) is 5.01 Å². The van der Waals surface area contributed by atoms with Crippen molar-refractivity contribution in [2.45, 2.75) is 19.8 Å². The fourth-order valence-corrected chi connectivity index (χ4v) is 1.37. The smallest absolute Gasteiger partial charge is 0.205 e. The molecule has 4 heteroatoms. The zero-order valence-electron chi connectivity index (χ0n) is 7.00. The molecule has 0 saturated heterocycles. The fourth-order valence-electron chi connectivity index (χ4n) is 0.754. The molecule has 12 heavy (non-hydrogen) atoms. The Hall–Kier alpha value is -1.08. The molecular formula is C8H11N3S. The molecule has 64 valence electrons. The fraction of sp³-hybridized carbons (Fsp3) is 0.500. The summed E-state index contributed by atoms with van der Waals surface area (Å²) in [4.78, 5) is 0. The Labute approximate surface area is 76.2 Å². The lowest BCUT2D eigenvalue weighted by Gasteiger charge is -1.97. The predicted octanol–water partition coefficient (Wildman–Crippen LogP) is 1.67. The molecule has 0 unspecified atom stereocenters. The molecule has 0 aliphatic rings. The third-order valence-corrected chi connectivity index (χ3v) is 2.10. The summed E-state index contributed by atoms with van der Waals surface area (Å²) in [6, 6.07) is 0. The van der Waals surface area contributed by atoms with E-state index in [4.69, 9.17) is 6.42 Å². The topological polar surface area (TPSA) is 37.8 Å². The first-order valence-corrected chi connectivity index (χ1v) is 4.62. The molecule has 0 aromatic carbocycles. The van der Waals surface area contributed by atoms with Gasteiger partial charge in [0.05, 0.1) is 0 Å². The van der Waals surface area contributed by atoms with Crippen LogP contribution in [0.4, 0.5) is 5.13 Å². The van der Waals surface area contributed by atoms with Crippen LogP contribution in [0.2, 0.25) is 0 Å². The molecular weight excluding hydrogens is 170 g/mol. The van der Waals surface area contributed by atoms with Crippen LogP contribution in [-0.2, 0) is 0 Å². The highest BCUT2D eigenvalue weighted by molar-refractivity contribution is 7.15. The van der Waals surface area contributed by atoms with Crippen molar-refractivity contribution in [3.8, 4) is 12.3 Å². The minimum absolute atomic E-state index is 0.810. The average Bonchev–Trinajstić information content (AvgIpc) is 2.45. The van der Waals surface area contributed by atoms with Gasteiger partial charge in [-0.15, -0.1) is 22.5 Å². The molecule has 0 bridgehead atoms. The molecule has 0 amide bonds. The van der Waals surface area contributed by atoms with E-state index >= 15 is 0 Å². The number of hydrogen-bond acceptors (Lipinski definition) is 4. The Morgan fingerprint density at radius 2 is 2.42 bits per heavy atom. The van der Waals surface area contributed by atoms with Gasteiger partial charge in [-0.25, -0.2) is 0 Å². The third kappa shape index (κ3) is 2.89. The predicted molar refractivity (Wildman–Crippen MR) is 51.2 cm³/mol. The minimum Gasteiger partial charge on any atom is -0.360 e. The molecule has 0 aliphatic carbocycles. The van der Waals surface area contributed by atoms with Gasteiger partial charge >= 0.3 is 0 Å². The SMILES string of the molecule is C#CCCCNc1nnc(C)s1. The van der Waals surface area contributed by atoms with Crippen LogP contribution in [0.5, 0.6) is 0 Å². The largest absolute Gasteiger partial charge is 0.360 e. The quantitative estimate of drug-likeness (QED) is 0.567. The van der Waals surface area contributed by atoms with Crippen LogP contribution in [0.3, 0.4) is 0 Å². The van der Waals surface area contributed by atoms with Crippen LogP contribution in [0.1, 0.15) is 17.8 Å². The number of nitrogens with zero attached hydrogens (tertiary/aromatic N) is 2. The Morgan fingerprint density at radius 3 is 3.00 bits per heavy atom. The molecule has 1 aromatic rings. The van der Waals surface area contributed by atoms with Gasteiger partial charge < -0.3 is 5.32 Å². The maximum absolute atomic E-state index is 5.11. The second-order valence-corrected chi connectivity index (χ2v) is 3.54. The lowest BCUT2D eigenvalue weighted by molar-refractivity contribution is 0.899. The zero-order chi connectivity index (χ0) is 8.81. The van der Waals surface area contributed by atoms with Gasteiger partial charge in [-0.3, -0.25) is 0 Å². The highest BCUT2D eigenvalue weighted by Crippen LogP contribution is 2.13. The van der Waals surface area contributed by atoms with Crippen molar-refractivity contribution in [1.82, 2.24) is 10.2 Å². The van der Waals surface area contributed by atoms with Crippen molar-refractivity contribution in [3.05, 3.63) is 5.01 Å². The molecule has 0 atom stereocenters. The molecule has 0 radical (unpaired) electrons. The van der Waals surface area contributed by atoms with Gasteiger partial charge in [-0.05, 0) is 13.3 Å². The molecule has 0 aliphatic heterocycles. The molecule has 1 N–H and O–H groups in total. The van der Waals surface area contributed by atoms with Crippen LogP contribution in [0.15, 0.2) is 0 Å². The van der Waals surface area contributed by atoms with Gasteiger partial charge in [0.25, 0.3) is 0 Å². The molecule has 0 saturated carbocycles. The van der Waals surface area contributed by atoms with Crippen molar-refractivity contribution in [2.24, 2.45) is 0 Å². The van der Waals surface area contributed by atoms with E-state index in [1.165, 1.54) is 0 Å². The minimum atomic E-state index is 0.810. The van der Waals surface area contributed by atoms with Crippen molar-refractivity contribution in [2.75, 3.05) is 11.9 Å². The molecule has 0 spiro atoms. The molecule has 0 fully saturated rings. The molecule has 3 nitrogen and oxygen atoms in total. The summed E-state index contributed by atoms with van der Waals surface area (Å²) in [6.07, 6.45) is 6.90. The summed E-state index contributed by atoms with van der Waals surface area (Å²) in [5.41, 5.74) is 0. The maximum Gasteiger partial charge on any atom is 0.205 e. The molecule has 1 rings (SSSR count). The van der Waals surface area contributed by atoms with Crippen LogP contribution in [0.25, 0.3) is 0 Å². The standard InChI is InChI=1S/C8H11N3S/c1-3-4-5-6-9-8-11-10-7(2)12-8/h1H,4-6H2,2H3,(H,9,11). The first-order chi connectivity index (χ1) is 5.83. The first kappa shape index (κ1) is 9.01. The Bertz CT molecular complexity index is 274. The number of unbranched alkanes of at least 4 members (excludes halogenated alkanes) is 1. The van der Waals surface area contributed by atoms with Gasteiger partial charge in [-0.1, -0.05) is 11.3 Å². The molecule has 1 heterocycles. The Kier molecular flexibility index (Phi) is 3.55. The maximum atomic E-state index is 5.11. The molecule has 1 aromatic heterocycles. The van der Waals surface area contributed by atoms with Crippen LogP contribution >= 0.6 is 11.3 Å². The lowest BCUT2D eigenvalue weighted by atomic mass is 10.3. The highest BCUT2D eigenvalue weighted by atomic mass is 32.1. The summed E-state index contributed by atoms with van der Waals surface area (Å²) < 4.78 is 0. The number of hydrogen-bond donors (Lipinski definition) is 1. The summed E-state index contributed by atoms with van der Waals surface area (Å²) in [5.74, 6) is 2.59. The second kappa shape index (κ2) is 4.73. The number of aryl methyl sites for hydroxylation is 1. The number of terminal acetylenes is 1. The number of rotatable bonds is 4. The van der Waals surface area contributed by atoms with Gasteiger partial charge in [0.2, 0.25) is 5.13 Å². The van der Waals surface area contributed by atoms with E-state index < -0.39 is 0 Å². The zero-order valence-corrected chi connectivity index (χ0v) is 7.82. The van der Waals surface area contributed by atoms with Crippen LogP contribution in [0, 0.1) is 19.3 Å². The third-order valence-electron chi connectivity index (χ3n) is 1.30. The van der Waals surface area contributed by atoms with Crippen molar-refractivity contribution in [3.63, 3.8) is 0 Å². The first-order valence-electron chi connectivity index (χ1n) is 3.80. The number of aromatic nitrogens is 2. The lowest BCUT2D eigenvalue weighted by Crippen LogP contribution is -2.00. The van der Waals surface area contributed by atoms with E-state index in [0.717, 1.165) is 29.5 Å². The van der Waals surface area contributed by atoms with Crippen molar-refractivity contribution < 1.29 is 0 Å². The van der Waals surface area contributed by atoms with Crippen molar-refractivity contribution >= 4 is 16.5 Å². The van der Waals surface area contributed by atoms with E-state index in [-0.39, 0.29) is 0 Å².